The van der Waals surface area contributed by atoms with Crippen molar-refractivity contribution >= 4 is 46.5 Å². The highest BCUT2D eigenvalue weighted by atomic mass is 127. The summed E-state index contributed by atoms with van der Waals surface area (Å²) in [5.41, 5.74) is 0. The molecule has 0 spiro atoms. The van der Waals surface area contributed by atoms with Crippen molar-refractivity contribution in [3.63, 3.8) is 0 Å². The highest BCUT2D eigenvalue weighted by Crippen LogP contribution is 2.32. The van der Waals surface area contributed by atoms with Gasteiger partial charge in [-0.1, -0.05) is 22.6 Å². The quantitative estimate of drug-likeness (QED) is 0.252. The lowest BCUT2D eigenvalue weighted by atomic mass is 10.0. The number of rotatable bonds is 5. The lowest BCUT2D eigenvalue weighted by molar-refractivity contribution is -0.267. The Bertz CT molecular complexity index is 506. The van der Waals surface area contributed by atoms with Gasteiger partial charge in [0.2, 0.25) is 12.4 Å². The van der Waals surface area contributed by atoms with Crippen LogP contribution in [-0.2, 0) is 42.9 Å². The number of halogens is 1. The maximum Gasteiger partial charge on any atom is 0.305 e. The molecule has 0 saturated carbocycles. The molecule has 1 aliphatic rings. The van der Waals surface area contributed by atoms with E-state index in [1.54, 1.807) is 0 Å². The van der Waals surface area contributed by atoms with E-state index in [0.717, 1.165) is 6.92 Å². The summed E-state index contributed by atoms with van der Waals surface area (Å²) < 4.78 is 25.4. The molecule has 0 aromatic rings. The standard InChI is InChI=1S/C14H19IO9/c1-6(16)20-5-10-11(15)12(21-7(2)17)13(22-8(3)18)14(24-10)23-9(4)19/h10-14H,5H2,1-4H3/t10-,11-,12+,13-,14-/m1/s1. The first-order valence-corrected chi connectivity index (χ1v) is 8.31. The molecule has 136 valence electrons. The fourth-order valence-electron chi connectivity index (χ4n) is 2.10. The summed E-state index contributed by atoms with van der Waals surface area (Å²) in [5.74, 6) is -2.44. The van der Waals surface area contributed by atoms with Crippen LogP contribution in [0.2, 0.25) is 0 Å². The van der Waals surface area contributed by atoms with E-state index in [9.17, 15) is 19.2 Å². The molecule has 0 aliphatic carbocycles. The third-order valence-electron chi connectivity index (χ3n) is 2.91. The number of carbonyl (C=O) groups excluding carboxylic acids is 4. The summed E-state index contributed by atoms with van der Waals surface area (Å²) in [6.45, 7) is 4.63. The number of ether oxygens (including phenoxy) is 5. The van der Waals surface area contributed by atoms with Crippen molar-refractivity contribution < 1.29 is 42.9 Å². The lowest BCUT2D eigenvalue weighted by Crippen LogP contribution is -2.60. The molecule has 1 rings (SSSR count). The summed E-state index contributed by atoms with van der Waals surface area (Å²) in [6, 6.07) is 0. The van der Waals surface area contributed by atoms with E-state index in [4.69, 9.17) is 23.7 Å². The van der Waals surface area contributed by atoms with Crippen molar-refractivity contribution in [2.24, 2.45) is 0 Å². The van der Waals surface area contributed by atoms with Gasteiger partial charge in [-0.3, -0.25) is 19.2 Å². The van der Waals surface area contributed by atoms with Gasteiger partial charge < -0.3 is 23.7 Å². The second kappa shape index (κ2) is 9.16. The Labute approximate surface area is 152 Å². The van der Waals surface area contributed by atoms with Crippen LogP contribution in [0.25, 0.3) is 0 Å². The second-order valence-electron chi connectivity index (χ2n) is 5.05. The van der Waals surface area contributed by atoms with Crippen molar-refractivity contribution in [1.29, 1.82) is 0 Å². The molecule has 0 radical (unpaired) electrons. The monoisotopic (exact) mass is 458 g/mol. The Balaban J connectivity index is 3.07. The smallest absolute Gasteiger partial charge is 0.305 e. The van der Waals surface area contributed by atoms with Gasteiger partial charge in [-0.2, -0.15) is 0 Å². The zero-order valence-corrected chi connectivity index (χ0v) is 15.8. The molecule has 0 N–H and O–H groups in total. The first kappa shape index (κ1) is 20.6. The molecule has 24 heavy (non-hydrogen) atoms. The van der Waals surface area contributed by atoms with E-state index >= 15 is 0 Å². The number of hydrogen-bond acceptors (Lipinski definition) is 9. The molecule has 1 saturated heterocycles. The third kappa shape index (κ3) is 6.23. The molecule has 5 atom stereocenters. The lowest BCUT2D eigenvalue weighted by Gasteiger charge is -2.42. The number of esters is 4. The van der Waals surface area contributed by atoms with E-state index in [1.165, 1.54) is 20.8 Å². The minimum absolute atomic E-state index is 0.134. The van der Waals surface area contributed by atoms with E-state index in [2.05, 4.69) is 0 Å². The first-order valence-electron chi connectivity index (χ1n) is 7.06. The summed E-state index contributed by atoms with van der Waals surface area (Å²) in [6.07, 6.45) is -4.09. The topological polar surface area (TPSA) is 114 Å². The molecule has 0 bridgehead atoms. The van der Waals surface area contributed by atoms with Gasteiger partial charge in [0.15, 0.2) is 6.10 Å². The number of alkyl halides is 1. The van der Waals surface area contributed by atoms with Crippen LogP contribution in [-0.4, -0.2) is 59.0 Å². The molecular formula is C14H19IO9. The van der Waals surface area contributed by atoms with Crippen molar-refractivity contribution in [3.8, 4) is 0 Å². The largest absolute Gasteiger partial charge is 0.463 e. The maximum atomic E-state index is 11.4. The second-order valence-corrected chi connectivity index (χ2v) is 6.49. The van der Waals surface area contributed by atoms with Gasteiger partial charge in [-0.25, -0.2) is 0 Å². The molecule has 1 fully saturated rings. The van der Waals surface area contributed by atoms with Gasteiger partial charge in [-0.05, 0) is 0 Å². The molecule has 9 nitrogen and oxygen atoms in total. The molecule has 0 aromatic carbocycles. The summed E-state index contributed by atoms with van der Waals surface area (Å²) in [7, 11) is 0. The third-order valence-corrected chi connectivity index (χ3v) is 4.42. The molecule has 10 heteroatoms. The van der Waals surface area contributed by atoms with Crippen LogP contribution in [0.4, 0.5) is 0 Å². The predicted molar refractivity (Wildman–Crippen MR) is 86.0 cm³/mol. The van der Waals surface area contributed by atoms with Gasteiger partial charge in [0, 0.05) is 27.7 Å². The SMILES string of the molecule is CC(=O)OC[C@H]1O[C@@H](OC(C)=O)[C@H](OC(C)=O)[C@@H](OC(C)=O)[C@@H]1I. The maximum absolute atomic E-state index is 11.4. The summed E-state index contributed by atoms with van der Waals surface area (Å²) in [5, 5.41) is 0. The van der Waals surface area contributed by atoms with E-state index in [0.29, 0.717) is 0 Å². The van der Waals surface area contributed by atoms with Crippen LogP contribution >= 0.6 is 22.6 Å². The van der Waals surface area contributed by atoms with Gasteiger partial charge in [0.25, 0.3) is 0 Å². The van der Waals surface area contributed by atoms with E-state index in [-0.39, 0.29) is 6.61 Å². The zero-order valence-electron chi connectivity index (χ0n) is 13.6. The van der Waals surface area contributed by atoms with Crippen molar-refractivity contribution in [2.45, 2.75) is 56.2 Å². The molecule has 0 aromatic heterocycles. The van der Waals surface area contributed by atoms with Crippen LogP contribution in [0.1, 0.15) is 27.7 Å². The van der Waals surface area contributed by atoms with Crippen LogP contribution in [0.15, 0.2) is 0 Å². The average Bonchev–Trinajstić information content (AvgIpc) is 2.42. The average molecular weight is 458 g/mol. The van der Waals surface area contributed by atoms with E-state index in [1.807, 2.05) is 22.6 Å². The Morgan fingerprint density at radius 3 is 1.79 bits per heavy atom. The van der Waals surface area contributed by atoms with Crippen LogP contribution in [0, 0.1) is 0 Å². The predicted octanol–water partition coefficient (Wildman–Crippen LogP) is 0.504. The fraction of sp³-hybridized carbons (Fsp3) is 0.714. The van der Waals surface area contributed by atoms with Crippen molar-refractivity contribution in [2.75, 3.05) is 6.61 Å². The van der Waals surface area contributed by atoms with Crippen LogP contribution in [0.3, 0.4) is 0 Å². The highest BCUT2D eigenvalue weighted by molar-refractivity contribution is 14.1. The summed E-state index contributed by atoms with van der Waals surface area (Å²) >= 11 is 1.94. The van der Waals surface area contributed by atoms with E-state index < -0.39 is 52.4 Å². The van der Waals surface area contributed by atoms with Gasteiger partial charge in [0.05, 0.1) is 3.92 Å². The summed E-state index contributed by atoms with van der Waals surface area (Å²) in [4.78, 5) is 45.0. The van der Waals surface area contributed by atoms with Gasteiger partial charge >= 0.3 is 23.9 Å². The van der Waals surface area contributed by atoms with Gasteiger partial charge in [0.1, 0.15) is 12.7 Å². The Morgan fingerprint density at radius 1 is 0.833 bits per heavy atom. The minimum atomic E-state index is -1.29. The molecule has 0 amide bonds. The highest BCUT2D eigenvalue weighted by Gasteiger charge is 2.50. The minimum Gasteiger partial charge on any atom is -0.463 e. The Kier molecular flexibility index (Phi) is 7.87. The van der Waals surface area contributed by atoms with Crippen LogP contribution < -0.4 is 0 Å². The van der Waals surface area contributed by atoms with Crippen molar-refractivity contribution in [1.82, 2.24) is 0 Å². The number of carbonyl (C=O) groups is 4. The van der Waals surface area contributed by atoms with Gasteiger partial charge in [-0.15, -0.1) is 0 Å². The number of hydrogen-bond donors (Lipinski definition) is 0. The van der Waals surface area contributed by atoms with Crippen molar-refractivity contribution in [3.05, 3.63) is 0 Å². The van der Waals surface area contributed by atoms with Crippen LogP contribution in [0.5, 0.6) is 0 Å². The molecule has 1 heterocycles. The molecular weight excluding hydrogens is 439 g/mol. The normalized spacial score (nSPS) is 29.3. The Hall–Kier alpha value is -1.43. The molecule has 1 aliphatic heterocycles. The Morgan fingerprint density at radius 2 is 1.33 bits per heavy atom. The first-order chi connectivity index (χ1) is 11.1. The zero-order chi connectivity index (χ0) is 18.4. The fourth-order valence-corrected chi connectivity index (χ4v) is 3.03. The molecule has 0 unspecified atom stereocenters.